The van der Waals surface area contributed by atoms with Crippen molar-refractivity contribution in [3.8, 4) is 16.9 Å². The second-order valence-corrected chi connectivity index (χ2v) is 3.80. The molecule has 0 spiro atoms. The van der Waals surface area contributed by atoms with E-state index < -0.39 is 23.2 Å². The molecule has 2 aromatic rings. The summed E-state index contributed by atoms with van der Waals surface area (Å²) in [5.74, 6) is -4.11. The van der Waals surface area contributed by atoms with Crippen LogP contribution in [0.1, 0.15) is 0 Å². The Morgan fingerprint density at radius 3 is 2.29 bits per heavy atom. The molecule has 0 unspecified atom stereocenters. The van der Waals surface area contributed by atoms with Gasteiger partial charge in [-0.3, -0.25) is 0 Å². The van der Waals surface area contributed by atoms with Gasteiger partial charge in [0.05, 0.1) is 5.02 Å². The monoisotopic (exact) mass is 258 g/mol. The summed E-state index contributed by atoms with van der Waals surface area (Å²) in [5.41, 5.74) is -0.000772. The number of aromatic hydroxyl groups is 1. The van der Waals surface area contributed by atoms with Gasteiger partial charge in [-0.05, 0) is 29.8 Å². The van der Waals surface area contributed by atoms with E-state index in [0.29, 0.717) is 0 Å². The lowest BCUT2D eigenvalue weighted by Gasteiger charge is -2.06. The highest BCUT2D eigenvalue weighted by Gasteiger charge is 2.15. The Balaban J connectivity index is 2.61. The Kier molecular flexibility index (Phi) is 2.98. The minimum atomic E-state index is -1.36. The van der Waals surface area contributed by atoms with E-state index in [1.165, 1.54) is 12.1 Å². The smallest absolute Gasteiger partial charge is 0.200 e. The van der Waals surface area contributed by atoms with Crippen LogP contribution in [0.5, 0.6) is 5.75 Å². The van der Waals surface area contributed by atoms with Crippen LogP contribution in [0, 0.1) is 17.5 Å². The fourth-order valence-corrected chi connectivity index (χ4v) is 1.54. The maximum atomic E-state index is 13.5. The molecule has 0 aliphatic rings. The van der Waals surface area contributed by atoms with Crippen molar-refractivity contribution in [2.45, 2.75) is 0 Å². The molecule has 0 fully saturated rings. The summed E-state index contributed by atoms with van der Waals surface area (Å²) in [7, 11) is 0. The molecule has 0 amide bonds. The molecular weight excluding hydrogens is 253 g/mol. The molecule has 88 valence electrons. The molecule has 0 aromatic heterocycles. The number of halogens is 4. The molecular formula is C12H6ClF3O. The largest absolute Gasteiger partial charge is 0.505 e. The fraction of sp³-hybridized carbons (Fsp3) is 0. The molecule has 0 bridgehead atoms. The first-order chi connectivity index (χ1) is 8.00. The first-order valence-electron chi connectivity index (χ1n) is 4.63. The van der Waals surface area contributed by atoms with Gasteiger partial charge < -0.3 is 5.11 Å². The summed E-state index contributed by atoms with van der Waals surface area (Å²) >= 11 is 5.48. The number of benzene rings is 2. The average Bonchev–Trinajstić information content (AvgIpc) is 2.30. The summed E-state index contributed by atoms with van der Waals surface area (Å²) in [4.78, 5) is 0. The molecule has 0 aliphatic heterocycles. The van der Waals surface area contributed by atoms with Gasteiger partial charge in [0, 0.05) is 5.56 Å². The van der Waals surface area contributed by atoms with Crippen molar-refractivity contribution in [3.05, 3.63) is 52.8 Å². The lowest BCUT2D eigenvalue weighted by Crippen LogP contribution is -1.91. The zero-order valence-corrected chi connectivity index (χ0v) is 9.10. The van der Waals surface area contributed by atoms with Crippen molar-refractivity contribution in [2.24, 2.45) is 0 Å². The van der Waals surface area contributed by atoms with Gasteiger partial charge in [0.25, 0.3) is 0 Å². The third-order valence-electron chi connectivity index (χ3n) is 2.29. The van der Waals surface area contributed by atoms with Crippen LogP contribution >= 0.6 is 11.6 Å². The van der Waals surface area contributed by atoms with Crippen LogP contribution in [0.3, 0.4) is 0 Å². The zero-order valence-electron chi connectivity index (χ0n) is 8.35. The van der Waals surface area contributed by atoms with Crippen LogP contribution < -0.4 is 0 Å². The maximum Gasteiger partial charge on any atom is 0.200 e. The third kappa shape index (κ3) is 2.08. The van der Waals surface area contributed by atoms with Gasteiger partial charge in [-0.1, -0.05) is 17.7 Å². The number of rotatable bonds is 1. The van der Waals surface area contributed by atoms with Crippen LogP contribution in [-0.4, -0.2) is 5.11 Å². The van der Waals surface area contributed by atoms with Gasteiger partial charge in [0.2, 0.25) is 5.82 Å². The first-order valence-corrected chi connectivity index (χ1v) is 5.01. The molecule has 0 atom stereocenters. The summed E-state index contributed by atoms with van der Waals surface area (Å²) < 4.78 is 39.8. The third-order valence-corrected chi connectivity index (χ3v) is 2.60. The second-order valence-electron chi connectivity index (χ2n) is 3.39. The van der Waals surface area contributed by atoms with Crippen molar-refractivity contribution in [3.63, 3.8) is 0 Å². The lowest BCUT2D eigenvalue weighted by molar-refractivity contribution is 0.408. The average molecular weight is 259 g/mol. The Hall–Kier alpha value is -1.68. The fourth-order valence-electron chi connectivity index (χ4n) is 1.43. The first kappa shape index (κ1) is 11.8. The van der Waals surface area contributed by atoms with Crippen molar-refractivity contribution in [1.82, 2.24) is 0 Å². The van der Waals surface area contributed by atoms with E-state index in [1.807, 2.05) is 0 Å². The van der Waals surface area contributed by atoms with Crippen LogP contribution in [0.2, 0.25) is 5.02 Å². The molecule has 0 saturated heterocycles. The van der Waals surface area contributed by atoms with Gasteiger partial charge in [0.15, 0.2) is 11.6 Å². The van der Waals surface area contributed by atoms with Gasteiger partial charge in [0.1, 0.15) is 5.82 Å². The molecule has 0 heterocycles. The normalized spacial score (nSPS) is 10.6. The van der Waals surface area contributed by atoms with E-state index in [2.05, 4.69) is 0 Å². The summed E-state index contributed by atoms with van der Waals surface area (Å²) in [5, 5.41) is 8.86. The molecule has 1 N–H and O–H groups in total. The van der Waals surface area contributed by atoms with Crippen molar-refractivity contribution < 1.29 is 18.3 Å². The summed E-state index contributed by atoms with van der Waals surface area (Å²) in [6.45, 7) is 0. The lowest BCUT2D eigenvalue weighted by atomic mass is 10.0. The van der Waals surface area contributed by atoms with Crippen LogP contribution in [-0.2, 0) is 0 Å². The maximum absolute atomic E-state index is 13.5. The van der Waals surface area contributed by atoms with E-state index in [0.717, 1.165) is 18.2 Å². The van der Waals surface area contributed by atoms with Crippen molar-refractivity contribution in [1.29, 1.82) is 0 Å². The highest BCUT2D eigenvalue weighted by atomic mass is 35.5. The molecule has 0 aliphatic carbocycles. The van der Waals surface area contributed by atoms with Crippen LogP contribution in [0.4, 0.5) is 13.2 Å². The number of phenolic OH excluding ortho intramolecular Hbond substituents is 1. The molecule has 0 radical (unpaired) electrons. The van der Waals surface area contributed by atoms with E-state index in [9.17, 15) is 13.2 Å². The molecule has 0 saturated carbocycles. The molecule has 2 rings (SSSR count). The van der Waals surface area contributed by atoms with Crippen molar-refractivity contribution in [2.75, 3.05) is 0 Å². The quantitative estimate of drug-likeness (QED) is 0.815. The Labute approximate surface area is 100 Å². The van der Waals surface area contributed by atoms with E-state index in [1.54, 1.807) is 0 Å². The standard InChI is InChI=1S/C12H6ClF3O/c13-8-3-1-6(5-9(8)14)7-2-4-10(17)12(16)11(7)15/h1-5,17H. The van der Waals surface area contributed by atoms with Gasteiger partial charge >= 0.3 is 0 Å². The topological polar surface area (TPSA) is 20.2 Å². The van der Waals surface area contributed by atoms with Crippen molar-refractivity contribution >= 4 is 11.6 Å². The van der Waals surface area contributed by atoms with E-state index >= 15 is 0 Å². The van der Waals surface area contributed by atoms with Gasteiger partial charge in [-0.2, -0.15) is 4.39 Å². The molecule has 2 aromatic carbocycles. The summed E-state index contributed by atoms with van der Waals surface area (Å²) in [6.07, 6.45) is 0. The number of phenols is 1. The summed E-state index contributed by atoms with van der Waals surface area (Å²) in [6, 6.07) is 5.77. The highest BCUT2D eigenvalue weighted by Crippen LogP contribution is 2.30. The van der Waals surface area contributed by atoms with Crippen LogP contribution in [0.15, 0.2) is 30.3 Å². The second kappa shape index (κ2) is 4.30. The Morgan fingerprint density at radius 1 is 0.941 bits per heavy atom. The predicted molar refractivity (Wildman–Crippen MR) is 58.4 cm³/mol. The zero-order chi connectivity index (χ0) is 12.6. The van der Waals surface area contributed by atoms with Crippen LogP contribution in [0.25, 0.3) is 11.1 Å². The van der Waals surface area contributed by atoms with E-state index in [4.69, 9.17) is 16.7 Å². The SMILES string of the molecule is Oc1ccc(-c2ccc(Cl)c(F)c2)c(F)c1F. The predicted octanol–water partition coefficient (Wildman–Crippen LogP) is 4.13. The Morgan fingerprint density at radius 2 is 1.65 bits per heavy atom. The molecule has 5 heteroatoms. The highest BCUT2D eigenvalue weighted by molar-refractivity contribution is 6.30. The van der Waals surface area contributed by atoms with Gasteiger partial charge in [-0.15, -0.1) is 0 Å². The minimum absolute atomic E-state index is 0.103. The molecule has 1 nitrogen and oxygen atoms in total. The van der Waals surface area contributed by atoms with Gasteiger partial charge in [-0.25, -0.2) is 8.78 Å². The number of hydrogen-bond acceptors (Lipinski definition) is 1. The minimum Gasteiger partial charge on any atom is -0.505 e. The molecule has 17 heavy (non-hydrogen) atoms. The number of hydrogen-bond donors (Lipinski definition) is 1. The van der Waals surface area contributed by atoms with E-state index in [-0.39, 0.29) is 16.1 Å². The Bertz CT molecular complexity index is 584.